The summed E-state index contributed by atoms with van der Waals surface area (Å²) >= 11 is 0. The van der Waals surface area contributed by atoms with Crippen molar-refractivity contribution in [3.63, 3.8) is 0 Å². The SMILES string of the molecule is CC(C)(C)NC(=O)N1CCCC1c1noc(COc2ccc(F)cc2)n1. The number of urea groups is 1. The molecule has 1 fully saturated rings. The summed E-state index contributed by atoms with van der Waals surface area (Å²) in [6, 6.07) is 5.36. The van der Waals surface area contributed by atoms with Crippen molar-refractivity contribution in [2.75, 3.05) is 6.54 Å². The number of hydrogen-bond acceptors (Lipinski definition) is 5. The fraction of sp³-hybridized carbons (Fsp3) is 0.500. The number of nitrogens with zero attached hydrogens (tertiary/aromatic N) is 3. The number of ether oxygens (including phenoxy) is 1. The van der Waals surface area contributed by atoms with Crippen LogP contribution in [0.5, 0.6) is 5.75 Å². The first kappa shape index (κ1) is 18.2. The van der Waals surface area contributed by atoms with Gasteiger partial charge in [-0.15, -0.1) is 0 Å². The number of carbonyl (C=O) groups is 1. The third-order valence-corrected chi connectivity index (χ3v) is 3.95. The summed E-state index contributed by atoms with van der Waals surface area (Å²) in [7, 11) is 0. The maximum atomic E-state index is 12.9. The van der Waals surface area contributed by atoms with Crippen molar-refractivity contribution in [1.82, 2.24) is 20.4 Å². The Balaban J connectivity index is 1.62. The number of nitrogens with one attached hydrogen (secondary N) is 1. The second kappa shape index (κ2) is 7.31. The van der Waals surface area contributed by atoms with Crippen LogP contribution >= 0.6 is 0 Å². The Labute approximate surface area is 151 Å². The summed E-state index contributed by atoms with van der Waals surface area (Å²) < 4.78 is 23.6. The van der Waals surface area contributed by atoms with E-state index in [1.807, 2.05) is 20.8 Å². The second-order valence-corrected chi connectivity index (χ2v) is 7.32. The number of halogens is 1. The molecule has 1 aromatic heterocycles. The van der Waals surface area contributed by atoms with Crippen molar-refractivity contribution in [1.29, 1.82) is 0 Å². The zero-order valence-electron chi connectivity index (χ0n) is 15.2. The van der Waals surface area contributed by atoms with E-state index >= 15 is 0 Å². The number of amides is 2. The smallest absolute Gasteiger partial charge is 0.318 e. The Morgan fingerprint density at radius 1 is 1.38 bits per heavy atom. The maximum absolute atomic E-state index is 12.9. The van der Waals surface area contributed by atoms with Crippen LogP contribution in [0.2, 0.25) is 0 Å². The average molecular weight is 362 g/mol. The van der Waals surface area contributed by atoms with E-state index in [0.717, 1.165) is 12.8 Å². The minimum absolute atomic E-state index is 0.0829. The summed E-state index contributed by atoms with van der Waals surface area (Å²) in [6.07, 6.45) is 1.67. The van der Waals surface area contributed by atoms with Crippen LogP contribution in [0.15, 0.2) is 28.8 Å². The average Bonchev–Trinajstić information content (AvgIpc) is 3.21. The molecule has 26 heavy (non-hydrogen) atoms. The van der Waals surface area contributed by atoms with E-state index in [-0.39, 0.29) is 30.0 Å². The molecule has 8 heteroatoms. The van der Waals surface area contributed by atoms with Crippen molar-refractivity contribution >= 4 is 6.03 Å². The summed E-state index contributed by atoms with van der Waals surface area (Å²) in [4.78, 5) is 18.6. The van der Waals surface area contributed by atoms with Crippen LogP contribution in [0.1, 0.15) is 51.4 Å². The zero-order chi connectivity index (χ0) is 18.7. The van der Waals surface area contributed by atoms with Crippen LogP contribution in [0.4, 0.5) is 9.18 Å². The minimum Gasteiger partial charge on any atom is -0.484 e. The molecule has 0 radical (unpaired) electrons. The lowest BCUT2D eigenvalue weighted by molar-refractivity contribution is 0.181. The summed E-state index contributed by atoms with van der Waals surface area (Å²) in [5.41, 5.74) is -0.310. The van der Waals surface area contributed by atoms with Crippen molar-refractivity contribution in [3.05, 3.63) is 41.8 Å². The predicted molar refractivity (Wildman–Crippen MR) is 92.0 cm³/mol. The number of benzene rings is 1. The van der Waals surface area contributed by atoms with E-state index in [2.05, 4.69) is 15.5 Å². The molecule has 1 aliphatic rings. The lowest BCUT2D eigenvalue weighted by Gasteiger charge is -2.28. The standard InChI is InChI=1S/C18H23FN4O3/c1-18(2,3)21-17(24)23-10-4-5-14(23)16-20-15(26-22-16)11-25-13-8-6-12(19)7-9-13/h6-9,14H,4-5,10-11H2,1-3H3,(H,21,24). The van der Waals surface area contributed by atoms with Gasteiger partial charge in [-0.2, -0.15) is 4.98 Å². The van der Waals surface area contributed by atoms with E-state index in [1.165, 1.54) is 24.3 Å². The van der Waals surface area contributed by atoms with E-state index in [1.54, 1.807) is 4.90 Å². The molecule has 1 saturated heterocycles. The largest absolute Gasteiger partial charge is 0.484 e. The highest BCUT2D eigenvalue weighted by atomic mass is 19.1. The summed E-state index contributed by atoms with van der Waals surface area (Å²) in [5.74, 6) is 0.974. The van der Waals surface area contributed by atoms with E-state index < -0.39 is 0 Å². The van der Waals surface area contributed by atoms with Crippen LogP contribution < -0.4 is 10.1 Å². The zero-order valence-corrected chi connectivity index (χ0v) is 15.2. The number of hydrogen-bond donors (Lipinski definition) is 1. The highest BCUT2D eigenvalue weighted by molar-refractivity contribution is 5.75. The van der Waals surface area contributed by atoms with E-state index in [0.29, 0.717) is 24.0 Å². The molecule has 2 heterocycles. The van der Waals surface area contributed by atoms with E-state index in [4.69, 9.17) is 9.26 Å². The van der Waals surface area contributed by atoms with E-state index in [9.17, 15) is 9.18 Å². The number of aromatic nitrogens is 2. The Morgan fingerprint density at radius 2 is 2.12 bits per heavy atom. The quantitative estimate of drug-likeness (QED) is 0.901. The monoisotopic (exact) mass is 362 g/mol. The van der Waals surface area contributed by atoms with Gasteiger partial charge in [-0.05, 0) is 57.9 Å². The van der Waals surface area contributed by atoms with Crippen LogP contribution in [0.25, 0.3) is 0 Å². The molecule has 1 atom stereocenters. The fourth-order valence-corrected chi connectivity index (χ4v) is 2.81. The first-order valence-corrected chi connectivity index (χ1v) is 8.61. The normalized spacial score (nSPS) is 17.4. The molecule has 1 aliphatic heterocycles. The van der Waals surface area contributed by atoms with Crippen LogP contribution in [0.3, 0.4) is 0 Å². The predicted octanol–water partition coefficient (Wildman–Crippen LogP) is 3.43. The summed E-state index contributed by atoms with van der Waals surface area (Å²) in [5, 5.41) is 6.97. The fourth-order valence-electron chi connectivity index (χ4n) is 2.81. The van der Waals surface area contributed by atoms with Crippen molar-refractivity contribution in [2.24, 2.45) is 0 Å². The Bertz CT molecular complexity index is 755. The first-order valence-electron chi connectivity index (χ1n) is 8.61. The van der Waals surface area contributed by atoms with Gasteiger partial charge < -0.3 is 19.5 Å². The molecule has 1 N–H and O–H groups in total. The van der Waals surface area contributed by atoms with Crippen molar-refractivity contribution in [2.45, 2.75) is 51.8 Å². The molecular weight excluding hydrogens is 339 g/mol. The molecule has 2 amide bonds. The summed E-state index contributed by atoms with van der Waals surface area (Å²) in [6.45, 7) is 6.56. The molecule has 140 valence electrons. The molecule has 2 aromatic rings. The third kappa shape index (κ3) is 4.50. The number of rotatable bonds is 4. The Morgan fingerprint density at radius 3 is 2.81 bits per heavy atom. The van der Waals surface area contributed by atoms with Gasteiger partial charge in [0, 0.05) is 12.1 Å². The van der Waals surface area contributed by atoms with Crippen molar-refractivity contribution in [3.8, 4) is 5.75 Å². The van der Waals surface area contributed by atoms with Crippen LogP contribution in [-0.2, 0) is 6.61 Å². The third-order valence-electron chi connectivity index (χ3n) is 3.95. The van der Waals surface area contributed by atoms with Crippen LogP contribution in [0, 0.1) is 5.82 Å². The second-order valence-electron chi connectivity index (χ2n) is 7.32. The maximum Gasteiger partial charge on any atom is 0.318 e. The van der Waals surface area contributed by atoms with Gasteiger partial charge in [-0.3, -0.25) is 0 Å². The highest BCUT2D eigenvalue weighted by Crippen LogP contribution is 2.30. The number of carbonyl (C=O) groups excluding carboxylic acids is 1. The topological polar surface area (TPSA) is 80.5 Å². The van der Waals surface area contributed by atoms with Gasteiger partial charge in [0.25, 0.3) is 5.89 Å². The molecule has 0 saturated carbocycles. The molecular formula is C18H23FN4O3. The van der Waals surface area contributed by atoms with Crippen molar-refractivity contribution < 1.29 is 18.4 Å². The van der Waals surface area contributed by atoms with Gasteiger partial charge in [0.15, 0.2) is 12.4 Å². The molecule has 0 aliphatic carbocycles. The molecule has 7 nitrogen and oxygen atoms in total. The lowest BCUT2D eigenvalue weighted by Crippen LogP contribution is -2.48. The molecule has 0 bridgehead atoms. The van der Waals surface area contributed by atoms with Gasteiger partial charge in [0.05, 0.1) is 6.04 Å². The Hall–Kier alpha value is -2.64. The molecule has 3 rings (SSSR count). The van der Waals surface area contributed by atoms with Crippen LogP contribution in [-0.4, -0.2) is 33.2 Å². The highest BCUT2D eigenvalue weighted by Gasteiger charge is 2.34. The minimum atomic E-state index is -0.327. The number of likely N-dealkylation sites (tertiary alicyclic amines) is 1. The first-order chi connectivity index (χ1) is 12.3. The molecule has 1 aromatic carbocycles. The van der Waals surface area contributed by atoms with Gasteiger partial charge in [-0.25, -0.2) is 9.18 Å². The van der Waals surface area contributed by atoms with Gasteiger partial charge in [0.1, 0.15) is 11.6 Å². The van der Waals surface area contributed by atoms with Gasteiger partial charge >= 0.3 is 6.03 Å². The molecule has 0 spiro atoms. The molecule has 1 unspecified atom stereocenters. The van der Waals surface area contributed by atoms with Gasteiger partial charge in [-0.1, -0.05) is 5.16 Å². The lowest BCUT2D eigenvalue weighted by atomic mass is 10.1. The van der Waals surface area contributed by atoms with Gasteiger partial charge in [0.2, 0.25) is 0 Å². The Kier molecular flexibility index (Phi) is 5.11.